The Kier molecular flexibility index (Phi) is 9.23. The minimum absolute atomic E-state index is 0.0423. The molecule has 0 radical (unpaired) electrons. The highest BCUT2D eigenvalue weighted by molar-refractivity contribution is 6.30. The number of benzene rings is 2. The second-order valence-electron chi connectivity index (χ2n) is 8.52. The molecule has 1 heterocycles. The fourth-order valence-electron chi connectivity index (χ4n) is 3.72. The summed E-state index contributed by atoms with van der Waals surface area (Å²) in [7, 11) is 0. The molecule has 0 saturated carbocycles. The molecule has 1 saturated heterocycles. The summed E-state index contributed by atoms with van der Waals surface area (Å²) >= 11 is 12.2. The van der Waals surface area contributed by atoms with Crippen molar-refractivity contribution in [3.05, 3.63) is 69.7 Å². The molecule has 1 aliphatic heterocycles. The van der Waals surface area contributed by atoms with E-state index in [1.165, 1.54) is 0 Å². The molecule has 2 aromatic carbocycles. The predicted molar refractivity (Wildman–Crippen MR) is 130 cm³/mol. The van der Waals surface area contributed by atoms with Crippen LogP contribution in [-0.2, 0) is 4.74 Å². The van der Waals surface area contributed by atoms with Crippen LogP contribution in [0.15, 0.2) is 48.5 Å². The molecule has 0 N–H and O–H groups in total. The van der Waals surface area contributed by atoms with E-state index in [4.69, 9.17) is 27.9 Å². The number of amides is 1. The number of hydrogen-bond acceptors (Lipinski definition) is 3. The fourth-order valence-corrected chi connectivity index (χ4v) is 3.97. The van der Waals surface area contributed by atoms with Crippen LogP contribution in [0.25, 0.3) is 0 Å². The molecule has 1 atom stereocenters. The molecule has 0 bridgehead atoms. The van der Waals surface area contributed by atoms with E-state index in [0.29, 0.717) is 16.6 Å². The molecule has 1 aliphatic rings. The summed E-state index contributed by atoms with van der Waals surface area (Å²) in [6, 6.07) is 16.0. The number of carbonyl (C=O) groups excluding carboxylic acids is 1. The van der Waals surface area contributed by atoms with Crippen molar-refractivity contribution in [3.8, 4) is 0 Å². The van der Waals surface area contributed by atoms with E-state index in [9.17, 15) is 4.79 Å². The van der Waals surface area contributed by atoms with Gasteiger partial charge in [0.25, 0.3) is 0 Å². The molecule has 3 rings (SSSR count). The van der Waals surface area contributed by atoms with Gasteiger partial charge in [0.15, 0.2) is 0 Å². The number of piperazine rings is 1. The van der Waals surface area contributed by atoms with Gasteiger partial charge in [-0.15, -0.1) is 0 Å². The lowest BCUT2D eigenvalue weighted by molar-refractivity contribution is -0.00222. The number of rotatable bonds is 3. The summed E-state index contributed by atoms with van der Waals surface area (Å²) in [5, 5.41) is 1.43. The van der Waals surface area contributed by atoms with Crippen LogP contribution in [0, 0.1) is 0 Å². The van der Waals surface area contributed by atoms with Gasteiger partial charge in [0.1, 0.15) is 5.60 Å². The molecule has 170 valence electrons. The minimum atomic E-state index is -0.497. The molecule has 0 spiro atoms. The molecule has 1 amide bonds. The predicted octanol–water partition coefficient (Wildman–Crippen LogP) is 7.05. The minimum Gasteiger partial charge on any atom is -0.444 e. The van der Waals surface area contributed by atoms with Crippen LogP contribution in [0.2, 0.25) is 10.0 Å². The third-order valence-corrected chi connectivity index (χ3v) is 5.53. The summed E-state index contributed by atoms with van der Waals surface area (Å²) in [6.07, 6.45) is -0.251. The lowest BCUT2D eigenvalue weighted by Crippen LogP contribution is -2.55. The standard InChI is InChI=1S/C23H28Cl2N2O2.C2H6/c1-16-15-26(13-14-27(16)22(28)29-23(2,3)4)21(17-5-9-19(24)10-6-17)18-7-11-20(25)12-8-18;1-2/h5-12,16,21H,13-15H2,1-4H3;1-2H3. The Labute approximate surface area is 197 Å². The van der Waals surface area contributed by atoms with E-state index in [-0.39, 0.29) is 18.2 Å². The zero-order valence-corrected chi connectivity index (χ0v) is 20.9. The number of ether oxygens (including phenoxy) is 1. The van der Waals surface area contributed by atoms with Crippen molar-refractivity contribution in [2.45, 2.75) is 59.2 Å². The van der Waals surface area contributed by atoms with Gasteiger partial charge < -0.3 is 9.64 Å². The Bertz CT molecular complexity index is 787. The van der Waals surface area contributed by atoms with Gasteiger partial charge in [0, 0.05) is 35.7 Å². The van der Waals surface area contributed by atoms with E-state index in [0.717, 1.165) is 24.2 Å². The topological polar surface area (TPSA) is 32.8 Å². The molecule has 2 aromatic rings. The van der Waals surface area contributed by atoms with Gasteiger partial charge in [0.2, 0.25) is 0 Å². The quantitative estimate of drug-likeness (QED) is 0.487. The maximum absolute atomic E-state index is 12.6. The molecular weight excluding hydrogens is 431 g/mol. The number of hydrogen-bond donors (Lipinski definition) is 0. The van der Waals surface area contributed by atoms with E-state index in [2.05, 4.69) is 36.1 Å². The van der Waals surface area contributed by atoms with Gasteiger partial charge in [0.05, 0.1) is 6.04 Å². The van der Waals surface area contributed by atoms with E-state index >= 15 is 0 Å². The number of halogens is 2. The van der Waals surface area contributed by atoms with Crippen molar-refractivity contribution in [3.63, 3.8) is 0 Å². The molecule has 0 aromatic heterocycles. The van der Waals surface area contributed by atoms with Crippen LogP contribution in [0.5, 0.6) is 0 Å². The van der Waals surface area contributed by atoms with Gasteiger partial charge in [-0.05, 0) is 63.1 Å². The molecule has 31 heavy (non-hydrogen) atoms. The highest BCUT2D eigenvalue weighted by Gasteiger charge is 2.34. The van der Waals surface area contributed by atoms with Crippen LogP contribution in [-0.4, -0.2) is 47.2 Å². The zero-order chi connectivity index (χ0) is 23.2. The van der Waals surface area contributed by atoms with Crippen LogP contribution < -0.4 is 0 Å². The summed E-state index contributed by atoms with van der Waals surface area (Å²) in [5.74, 6) is 0. The normalized spacial score (nSPS) is 17.2. The monoisotopic (exact) mass is 464 g/mol. The third kappa shape index (κ3) is 7.13. The van der Waals surface area contributed by atoms with E-state index in [1.807, 2.05) is 63.8 Å². The zero-order valence-electron chi connectivity index (χ0n) is 19.4. The second kappa shape index (κ2) is 11.2. The molecule has 0 aliphatic carbocycles. The van der Waals surface area contributed by atoms with Crippen molar-refractivity contribution in [1.82, 2.24) is 9.80 Å². The number of carbonyl (C=O) groups is 1. The van der Waals surface area contributed by atoms with Crippen molar-refractivity contribution < 1.29 is 9.53 Å². The van der Waals surface area contributed by atoms with Crippen molar-refractivity contribution in [1.29, 1.82) is 0 Å². The third-order valence-electron chi connectivity index (χ3n) is 5.02. The van der Waals surface area contributed by atoms with E-state index < -0.39 is 5.60 Å². The highest BCUT2D eigenvalue weighted by Crippen LogP contribution is 2.32. The van der Waals surface area contributed by atoms with Gasteiger partial charge in [-0.1, -0.05) is 61.3 Å². The average Bonchev–Trinajstić information content (AvgIpc) is 2.71. The molecule has 1 unspecified atom stereocenters. The lowest BCUT2D eigenvalue weighted by atomic mass is 9.95. The second-order valence-corrected chi connectivity index (χ2v) is 9.40. The SMILES string of the molecule is CC.CC1CN(C(c2ccc(Cl)cc2)c2ccc(Cl)cc2)CCN1C(=O)OC(C)(C)C. The summed E-state index contributed by atoms with van der Waals surface area (Å²) < 4.78 is 5.58. The smallest absolute Gasteiger partial charge is 0.410 e. The summed E-state index contributed by atoms with van der Waals surface area (Å²) in [5.41, 5.74) is 1.83. The maximum Gasteiger partial charge on any atom is 0.410 e. The fraction of sp³-hybridized carbons (Fsp3) is 0.480. The first-order valence-corrected chi connectivity index (χ1v) is 11.6. The van der Waals surface area contributed by atoms with Gasteiger partial charge in [-0.3, -0.25) is 4.90 Å². The molecular formula is C25H34Cl2N2O2. The Hall–Kier alpha value is -1.75. The molecule has 6 heteroatoms. The van der Waals surface area contributed by atoms with Gasteiger partial charge in [-0.25, -0.2) is 4.79 Å². The van der Waals surface area contributed by atoms with Gasteiger partial charge >= 0.3 is 6.09 Å². The maximum atomic E-state index is 12.6. The Morgan fingerprint density at radius 1 is 0.935 bits per heavy atom. The van der Waals surface area contributed by atoms with Crippen molar-refractivity contribution in [2.75, 3.05) is 19.6 Å². The lowest BCUT2D eigenvalue weighted by Gasteiger charge is -2.43. The first-order chi connectivity index (χ1) is 14.6. The van der Waals surface area contributed by atoms with Crippen LogP contribution >= 0.6 is 23.2 Å². The molecule has 4 nitrogen and oxygen atoms in total. The highest BCUT2D eigenvalue weighted by atomic mass is 35.5. The van der Waals surface area contributed by atoms with Crippen LogP contribution in [0.4, 0.5) is 4.79 Å². The average molecular weight is 465 g/mol. The Balaban J connectivity index is 0.00000166. The number of nitrogens with zero attached hydrogens (tertiary/aromatic N) is 2. The Morgan fingerprint density at radius 2 is 1.39 bits per heavy atom. The van der Waals surface area contributed by atoms with Crippen molar-refractivity contribution >= 4 is 29.3 Å². The van der Waals surface area contributed by atoms with E-state index in [1.54, 1.807) is 0 Å². The van der Waals surface area contributed by atoms with Crippen LogP contribution in [0.3, 0.4) is 0 Å². The summed E-state index contributed by atoms with van der Waals surface area (Å²) in [6.45, 7) is 13.9. The first kappa shape index (κ1) is 25.5. The van der Waals surface area contributed by atoms with Gasteiger partial charge in [-0.2, -0.15) is 0 Å². The molecule has 1 fully saturated rings. The largest absolute Gasteiger partial charge is 0.444 e. The first-order valence-electron chi connectivity index (χ1n) is 10.9. The summed E-state index contributed by atoms with van der Waals surface area (Å²) in [4.78, 5) is 16.8. The Morgan fingerprint density at radius 3 is 1.77 bits per heavy atom. The van der Waals surface area contributed by atoms with Crippen molar-refractivity contribution in [2.24, 2.45) is 0 Å². The van der Waals surface area contributed by atoms with Crippen LogP contribution in [0.1, 0.15) is 58.7 Å².